The van der Waals surface area contributed by atoms with Gasteiger partial charge in [-0.05, 0) is 30.2 Å². The molecule has 0 fully saturated rings. The lowest BCUT2D eigenvalue weighted by atomic mass is 10.1. The molecule has 5 nitrogen and oxygen atoms in total. The number of anilines is 2. The van der Waals surface area contributed by atoms with Gasteiger partial charge in [-0.25, -0.2) is 23.1 Å². The molecule has 0 spiro atoms. The van der Waals surface area contributed by atoms with Crippen molar-refractivity contribution in [2.24, 2.45) is 0 Å². The first-order valence-corrected chi connectivity index (χ1v) is 8.09. The van der Waals surface area contributed by atoms with Crippen LogP contribution in [0.15, 0.2) is 54.9 Å². The summed E-state index contributed by atoms with van der Waals surface area (Å²) in [7, 11) is 0. The van der Waals surface area contributed by atoms with E-state index < -0.39 is 17.5 Å². The normalized spacial score (nSPS) is 10.5. The van der Waals surface area contributed by atoms with Crippen molar-refractivity contribution in [1.29, 1.82) is 0 Å². The van der Waals surface area contributed by atoms with Crippen LogP contribution in [0.3, 0.4) is 0 Å². The number of para-hydroxylation sites is 1. The second-order valence-corrected chi connectivity index (χ2v) is 5.61. The molecule has 1 amide bonds. The van der Waals surface area contributed by atoms with Crippen molar-refractivity contribution >= 4 is 17.5 Å². The number of nitrogens with one attached hydrogen (secondary N) is 2. The molecule has 2 N–H and O–H groups in total. The van der Waals surface area contributed by atoms with Gasteiger partial charge in [0.2, 0.25) is 5.95 Å². The van der Waals surface area contributed by atoms with Crippen LogP contribution in [-0.2, 0) is 6.42 Å². The van der Waals surface area contributed by atoms with Gasteiger partial charge in [-0.2, -0.15) is 0 Å². The summed E-state index contributed by atoms with van der Waals surface area (Å²) in [5.41, 5.74) is 0.295. The van der Waals surface area contributed by atoms with E-state index >= 15 is 0 Å². The SMILES string of the molecule is O=C(NCCc1ccccc1F)c1cnc(Nc2c(F)cccc2F)nc1. The average Bonchev–Trinajstić information content (AvgIpc) is 2.67. The maximum Gasteiger partial charge on any atom is 0.254 e. The van der Waals surface area contributed by atoms with Gasteiger partial charge in [0.15, 0.2) is 0 Å². The minimum atomic E-state index is -0.784. The fourth-order valence-electron chi connectivity index (χ4n) is 2.35. The van der Waals surface area contributed by atoms with Crippen LogP contribution < -0.4 is 10.6 Å². The molecule has 138 valence electrons. The first-order chi connectivity index (χ1) is 13.0. The summed E-state index contributed by atoms with van der Waals surface area (Å²) in [5.74, 6) is -2.38. The number of benzene rings is 2. The van der Waals surface area contributed by atoms with Crippen LogP contribution in [0.5, 0.6) is 0 Å². The summed E-state index contributed by atoms with van der Waals surface area (Å²) in [6.45, 7) is 0.236. The highest BCUT2D eigenvalue weighted by molar-refractivity contribution is 5.93. The Bertz CT molecular complexity index is 928. The standard InChI is InChI=1S/C19H15F3N4O/c20-14-5-2-1-4-12(14)8-9-23-18(27)13-10-24-19(25-11-13)26-17-15(21)6-3-7-16(17)22/h1-7,10-11H,8-9H2,(H,23,27)(H,24,25,26). The van der Waals surface area contributed by atoms with Gasteiger partial charge >= 0.3 is 0 Å². The van der Waals surface area contributed by atoms with Gasteiger partial charge < -0.3 is 10.6 Å². The summed E-state index contributed by atoms with van der Waals surface area (Å²) < 4.78 is 40.7. The molecule has 0 saturated carbocycles. The molecule has 8 heteroatoms. The Balaban J connectivity index is 1.58. The Morgan fingerprint density at radius 3 is 2.19 bits per heavy atom. The van der Waals surface area contributed by atoms with E-state index in [1.807, 2.05) is 0 Å². The van der Waals surface area contributed by atoms with Gasteiger partial charge in [0.05, 0.1) is 5.56 Å². The predicted octanol–water partition coefficient (Wildman–Crippen LogP) is 3.61. The van der Waals surface area contributed by atoms with Crippen LogP contribution in [0.4, 0.5) is 24.8 Å². The Morgan fingerprint density at radius 2 is 1.52 bits per heavy atom. The van der Waals surface area contributed by atoms with E-state index in [4.69, 9.17) is 0 Å². The number of aromatic nitrogens is 2. The van der Waals surface area contributed by atoms with Gasteiger partial charge in [-0.15, -0.1) is 0 Å². The summed E-state index contributed by atoms with van der Waals surface area (Å²) >= 11 is 0. The van der Waals surface area contributed by atoms with E-state index in [0.29, 0.717) is 12.0 Å². The fourth-order valence-corrected chi connectivity index (χ4v) is 2.35. The van der Waals surface area contributed by atoms with Crippen molar-refractivity contribution in [3.05, 3.63) is 83.4 Å². The molecule has 1 heterocycles. The van der Waals surface area contributed by atoms with E-state index in [-0.39, 0.29) is 29.6 Å². The molecule has 2 aromatic carbocycles. The van der Waals surface area contributed by atoms with Crippen molar-refractivity contribution in [1.82, 2.24) is 15.3 Å². The van der Waals surface area contributed by atoms with Crippen LogP contribution in [0, 0.1) is 17.5 Å². The number of rotatable bonds is 6. The van der Waals surface area contributed by atoms with E-state index in [1.165, 1.54) is 24.5 Å². The first kappa shape index (κ1) is 18.4. The van der Waals surface area contributed by atoms with Crippen LogP contribution in [-0.4, -0.2) is 22.4 Å². The smallest absolute Gasteiger partial charge is 0.254 e. The average molecular weight is 372 g/mol. The summed E-state index contributed by atoms with van der Waals surface area (Å²) in [4.78, 5) is 19.8. The van der Waals surface area contributed by atoms with Crippen molar-refractivity contribution in [3.63, 3.8) is 0 Å². The van der Waals surface area contributed by atoms with E-state index in [1.54, 1.807) is 18.2 Å². The highest BCUT2D eigenvalue weighted by Crippen LogP contribution is 2.20. The van der Waals surface area contributed by atoms with Gasteiger partial charge in [0, 0.05) is 18.9 Å². The largest absolute Gasteiger partial charge is 0.352 e. The lowest BCUT2D eigenvalue weighted by Crippen LogP contribution is -2.26. The summed E-state index contributed by atoms with van der Waals surface area (Å²) in [6.07, 6.45) is 2.80. The Morgan fingerprint density at radius 1 is 0.889 bits per heavy atom. The summed E-state index contributed by atoms with van der Waals surface area (Å²) in [5, 5.41) is 5.07. The van der Waals surface area contributed by atoms with E-state index in [2.05, 4.69) is 20.6 Å². The van der Waals surface area contributed by atoms with Crippen LogP contribution in [0.25, 0.3) is 0 Å². The third kappa shape index (κ3) is 4.60. The third-order valence-electron chi connectivity index (χ3n) is 3.75. The van der Waals surface area contributed by atoms with Crippen molar-refractivity contribution in [2.75, 3.05) is 11.9 Å². The van der Waals surface area contributed by atoms with Crippen LogP contribution in [0.2, 0.25) is 0 Å². The molecule has 0 aliphatic heterocycles. The number of hydrogen-bond donors (Lipinski definition) is 2. The van der Waals surface area contributed by atoms with Gasteiger partial charge in [-0.1, -0.05) is 24.3 Å². The van der Waals surface area contributed by atoms with Crippen molar-refractivity contribution in [2.45, 2.75) is 6.42 Å². The topological polar surface area (TPSA) is 66.9 Å². The quantitative estimate of drug-likeness (QED) is 0.694. The number of hydrogen-bond acceptors (Lipinski definition) is 4. The number of nitrogens with zero attached hydrogens (tertiary/aromatic N) is 2. The highest BCUT2D eigenvalue weighted by Gasteiger charge is 2.11. The minimum absolute atomic E-state index is 0.0538. The zero-order valence-electron chi connectivity index (χ0n) is 14.0. The highest BCUT2D eigenvalue weighted by atomic mass is 19.1. The lowest BCUT2D eigenvalue weighted by Gasteiger charge is -2.08. The molecule has 3 rings (SSSR count). The molecule has 0 aliphatic carbocycles. The minimum Gasteiger partial charge on any atom is -0.352 e. The molecule has 0 unspecified atom stereocenters. The zero-order chi connectivity index (χ0) is 19.2. The van der Waals surface area contributed by atoms with Gasteiger partial charge in [0.25, 0.3) is 5.91 Å². The Labute approximate surface area is 153 Å². The van der Waals surface area contributed by atoms with E-state index in [0.717, 1.165) is 12.1 Å². The number of carbonyl (C=O) groups is 1. The Hall–Kier alpha value is -3.42. The molecule has 0 radical (unpaired) electrons. The molecule has 0 aliphatic rings. The maximum absolute atomic E-state index is 13.6. The number of halogens is 3. The van der Waals surface area contributed by atoms with Crippen LogP contribution >= 0.6 is 0 Å². The van der Waals surface area contributed by atoms with Gasteiger partial charge in [-0.3, -0.25) is 4.79 Å². The molecule has 1 aromatic heterocycles. The molecular formula is C19H15F3N4O. The van der Waals surface area contributed by atoms with E-state index in [9.17, 15) is 18.0 Å². The second-order valence-electron chi connectivity index (χ2n) is 5.61. The predicted molar refractivity (Wildman–Crippen MR) is 94.1 cm³/mol. The zero-order valence-corrected chi connectivity index (χ0v) is 14.0. The molecule has 0 atom stereocenters. The van der Waals surface area contributed by atoms with Crippen molar-refractivity contribution < 1.29 is 18.0 Å². The first-order valence-electron chi connectivity index (χ1n) is 8.09. The van der Waals surface area contributed by atoms with Crippen molar-refractivity contribution in [3.8, 4) is 0 Å². The molecule has 3 aromatic rings. The molecule has 27 heavy (non-hydrogen) atoms. The molecule has 0 bridgehead atoms. The maximum atomic E-state index is 13.6. The second kappa shape index (κ2) is 8.31. The third-order valence-corrected chi connectivity index (χ3v) is 3.75. The monoisotopic (exact) mass is 372 g/mol. The number of carbonyl (C=O) groups excluding carboxylic acids is 1. The lowest BCUT2D eigenvalue weighted by molar-refractivity contribution is 0.0953. The Kier molecular flexibility index (Phi) is 5.65. The summed E-state index contributed by atoms with van der Waals surface area (Å²) in [6, 6.07) is 9.76. The number of amides is 1. The fraction of sp³-hybridized carbons (Fsp3) is 0.105. The molecular weight excluding hydrogens is 357 g/mol. The van der Waals surface area contributed by atoms with Crippen LogP contribution in [0.1, 0.15) is 15.9 Å². The van der Waals surface area contributed by atoms with Gasteiger partial charge in [0.1, 0.15) is 23.1 Å². The molecule has 0 saturated heterocycles.